The molecule has 8 rings (SSSR count). The number of nitrogens with zero attached hydrogens (tertiary/aromatic N) is 6. The maximum Gasteiger partial charge on any atom is 0.347 e. The molecule has 2 fully saturated rings. The number of benzene rings is 3. The Balaban J connectivity index is 1.17. The number of alkyl halides is 2. The molecule has 5 aromatic rings. The summed E-state index contributed by atoms with van der Waals surface area (Å²) in [5, 5.41) is 11.5. The molecular weight excluding hydrogens is 767 g/mol. The summed E-state index contributed by atoms with van der Waals surface area (Å²) in [6, 6.07) is 16.3. The van der Waals surface area contributed by atoms with Crippen molar-refractivity contribution in [3.8, 4) is 23.0 Å². The molecule has 2 amide bonds. The summed E-state index contributed by atoms with van der Waals surface area (Å²) in [6.07, 6.45) is 1.30. The molecule has 0 bridgehead atoms. The first-order valence-electron chi connectivity index (χ1n) is 17.7. The van der Waals surface area contributed by atoms with Gasteiger partial charge in [0.25, 0.3) is 17.4 Å². The van der Waals surface area contributed by atoms with Gasteiger partial charge in [0, 0.05) is 63.2 Å². The third kappa shape index (κ3) is 5.31. The van der Waals surface area contributed by atoms with E-state index in [-0.39, 0.29) is 49.5 Å². The molecule has 1 saturated carbocycles. The van der Waals surface area contributed by atoms with Gasteiger partial charge in [-0.15, -0.1) is 23.2 Å². The number of imide groups is 1. The van der Waals surface area contributed by atoms with E-state index in [9.17, 15) is 29.1 Å². The van der Waals surface area contributed by atoms with Crippen LogP contribution in [0.25, 0.3) is 11.0 Å². The normalized spacial score (nSPS) is 22.8. The summed E-state index contributed by atoms with van der Waals surface area (Å²) in [5.74, 6) is -1.85. The number of aromatic nitrogens is 5. The lowest BCUT2D eigenvalue weighted by molar-refractivity contribution is -0.137. The van der Waals surface area contributed by atoms with Crippen LogP contribution in [0.15, 0.2) is 86.7 Å². The van der Waals surface area contributed by atoms with Crippen molar-refractivity contribution in [1.29, 1.82) is 0 Å². The number of amides is 2. The highest BCUT2D eigenvalue weighted by Crippen LogP contribution is 2.64. The van der Waals surface area contributed by atoms with Crippen molar-refractivity contribution in [3.63, 3.8) is 0 Å². The first-order chi connectivity index (χ1) is 26.7. The first-order valence-corrected chi connectivity index (χ1v) is 18.4. The van der Waals surface area contributed by atoms with Crippen molar-refractivity contribution in [1.82, 2.24) is 28.4 Å². The Labute approximate surface area is 328 Å². The molecule has 1 N–H and O–H groups in total. The van der Waals surface area contributed by atoms with Crippen molar-refractivity contribution < 1.29 is 28.9 Å². The van der Waals surface area contributed by atoms with Crippen LogP contribution in [-0.2, 0) is 42.8 Å². The van der Waals surface area contributed by atoms with Gasteiger partial charge in [0.05, 0.1) is 37.8 Å². The molecule has 2 aromatic heterocycles. The van der Waals surface area contributed by atoms with Gasteiger partial charge < -0.3 is 23.9 Å². The quantitative estimate of drug-likeness (QED) is 0.133. The number of phenolic OH excluding ortho intramolecular Hbond substituents is 1. The molecule has 1 saturated heterocycles. The second-order valence-electron chi connectivity index (χ2n) is 14.0. The Hall–Kier alpha value is -5.80. The van der Waals surface area contributed by atoms with Gasteiger partial charge in [-0.2, -0.15) is 0 Å². The van der Waals surface area contributed by atoms with Gasteiger partial charge in [-0.1, -0.05) is 42.5 Å². The molecule has 0 unspecified atom stereocenters. The number of halogens is 2. The monoisotopic (exact) mass is 802 g/mol. The summed E-state index contributed by atoms with van der Waals surface area (Å²) in [4.78, 5) is 70.6. The SMILES string of the molecule is COc1cc2nc(CCn3c(=O)n4n(c3=O)[C@@H]3C[C@@]5(Cl)C(=O)N(C)C(=O)[C@@]5(Cl)[C@@H](c5ccc(OCc6ccccc6)cc5O)C3=CC4)c(=O)n(C)c2cc1OC. The summed E-state index contributed by atoms with van der Waals surface area (Å²) >= 11 is 14.5. The van der Waals surface area contributed by atoms with E-state index in [0.29, 0.717) is 33.9 Å². The summed E-state index contributed by atoms with van der Waals surface area (Å²) in [5.41, 5.74) is 0.752. The number of hydrogen-bond donors (Lipinski definition) is 1. The topological polar surface area (TPSA) is 169 Å². The molecule has 4 heterocycles. The highest BCUT2D eigenvalue weighted by Gasteiger charge is 2.75. The zero-order valence-electron chi connectivity index (χ0n) is 30.7. The van der Waals surface area contributed by atoms with Crippen LogP contribution < -0.4 is 31.1 Å². The van der Waals surface area contributed by atoms with Crippen LogP contribution in [0.2, 0.25) is 0 Å². The smallest absolute Gasteiger partial charge is 0.347 e. The van der Waals surface area contributed by atoms with Gasteiger partial charge in [-0.25, -0.2) is 28.5 Å². The Morgan fingerprint density at radius 3 is 2.32 bits per heavy atom. The number of ether oxygens (including phenoxy) is 3. The van der Waals surface area contributed by atoms with Gasteiger partial charge in [-0.05, 0) is 17.2 Å². The molecule has 3 aromatic carbocycles. The molecule has 290 valence electrons. The molecule has 0 spiro atoms. The highest BCUT2D eigenvalue weighted by molar-refractivity contribution is 6.53. The third-order valence-corrected chi connectivity index (χ3v) is 12.6. The van der Waals surface area contributed by atoms with Crippen LogP contribution in [0, 0.1) is 0 Å². The largest absolute Gasteiger partial charge is 0.508 e. The first kappa shape index (κ1) is 37.1. The maximum absolute atomic E-state index is 14.3. The zero-order valence-corrected chi connectivity index (χ0v) is 32.2. The molecule has 15 nitrogen and oxygen atoms in total. The minimum atomic E-state index is -2.10. The fourth-order valence-corrected chi connectivity index (χ4v) is 9.27. The Kier molecular flexibility index (Phi) is 8.92. The van der Waals surface area contributed by atoms with E-state index in [1.54, 1.807) is 37.4 Å². The predicted molar refractivity (Wildman–Crippen MR) is 205 cm³/mol. The molecule has 0 radical (unpaired) electrons. The second-order valence-corrected chi connectivity index (χ2v) is 15.3. The van der Waals surface area contributed by atoms with Gasteiger partial charge in [0.15, 0.2) is 21.2 Å². The van der Waals surface area contributed by atoms with E-state index in [1.165, 1.54) is 41.3 Å². The average Bonchev–Trinajstić information content (AvgIpc) is 3.52. The van der Waals surface area contributed by atoms with Gasteiger partial charge >= 0.3 is 11.4 Å². The number of fused-ring (bicyclic) bond motifs is 5. The molecule has 3 aliphatic rings. The fraction of sp³-hybridized carbons (Fsp3) is 0.333. The number of rotatable bonds is 9. The molecule has 56 heavy (non-hydrogen) atoms. The predicted octanol–water partition coefficient (Wildman–Crippen LogP) is 3.23. The minimum Gasteiger partial charge on any atom is -0.508 e. The number of carbonyl (C=O) groups excluding carboxylic acids is 2. The second kappa shape index (κ2) is 13.4. The molecule has 17 heteroatoms. The Morgan fingerprint density at radius 1 is 0.911 bits per heavy atom. The number of allylic oxidation sites excluding steroid dienone is 2. The number of carbonyl (C=O) groups is 2. The van der Waals surface area contributed by atoms with E-state index in [1.807, 2.05) is 30.3 Å². The van der Waals surface area contributed by atoms with E-state index in [2.05, 4.69) is 4.98 Å². The molecule has 2 aliphatic heterocycles. The van der Waals surface area contributed by atoms with Crippen LogP contribution in [0.1, 0.15) is 35.2 Å². The van der Waals surface area contributed by atoms with E-state index in [0.717, 1.165) is 15.0 Å². The molecule has 1 aliphatic carbocycles. The number of methoxy groups -OCH3 is 2. The minimum absolute atomic E-state index is 0.0712. The third-order valence-electron chi connectivity index (χ3n) is 11.1. The summed E-state index contributed by atoms with van der Waals surface area (Å²) in [6.45, 7) is -0.0699. The van der Waals surface area contributed by atoms with Crippen LogP contribution in [-0.4, -0.2) is 76.3 Å². The van der Waals surface area contributed by atoms with Crippen LogP contribution in [0.4, 0.5) is 0 Å². The zero-order chi connectivity index (χ0) is 39.8. The molecule has 4 atom stereocenters. The van der Waals surface area contributed by atoms with Crippen molar-refractivity contribution in [2.75, 3.05) is 21.3 Å². The number of aromatic hydroxyl groups is 1. The van der Waals surface area contributed by atoms with Gasteiger partial charge in [-0.3, -0.25) is 19.3 Å². The van der Waals surface area contributed by atoms with Crippen molar-refractivity contribution in [3.05, 3.63) is 120 Å². The van der Waals surface area contributed by atoms with Crippen LogP contribution in [0.5, 0.6) is 23.0 Å². The average molecular weight is 804 g/mol. The lowest BCUT2D eigenvalue weighted by Gasteiger charge is -2.49. The number of likely N-dealkylation sites (tertiary alicyclic amines) is 1. The maximum atomic E-state index is 14.3. The molecular formula is C39H36Cl2N6O9. The van der Waals surface area contributed by atoms with E-state index in [4.69, 9.17) is 37.4 Å². The number of aryl methyl sites for hydroxylation is 2. The fourth-order valence-electron chi connectivity index (χ4n) is 8.28. The Bertz CT molecular complexity index is 2690. The van der Waals surface area contributed by atoms with Crippen molar-refractivity contribution in [2.45, 2.75) is 54.2 Å². The van der Waals surface area contributed by atoms with E-state index >= 15 is 0 Å². The van der Waals surface area contributed by atoms with Crippen molar-refractivity contribution >= 4 is 46.0 Å². The van der Waals surface area contributed by atoms with Gasteiger partial charge in [0.1, 0.15) is 23.8 Å². The number of phenols is 1. The highest BCUT2D eigenvalue weighted by atomic mass is 35.5. The number of hydrogen-bond acceptors (Lipinski definition) is 10. The van der Waals surface area contributed by atoms with Crippen LogP contribution >= 0.6 is 23.2 Å². The lowest BCUT2D eigenvalue weighted by atomic mass is 9.64. The Morgan fingerprint density at radius 2 is 1.62 bits per heavy atom. The van der Waals surface area contributed by atoms with E-state index < -0.39 is 50.5 Å². The summed E-state index contributed by atoms with van der Waals surface area (Å²) in [7, 11) is 5.83. The summed E-state index contributed by atoms with van der Waals surface area (Å²) < 4.78 is 21.5. The standard InChI is InChI=1S/C39H36Cl2N6O9/c1-43-27-18-31(55-4)30(54-3)17-26(27)42-25(33(43)49)13-14-45-36(52)46-15-12-23-28(47(46)37(45)53)19-38(40)34(50)44(2)35(51)39(38,41)32(23)24-11-10-22(16-29(24)48)56-20-21-8-6-5-7-9-21/h5-12,16-18,28,32,48H,13-15,19-20H2,1-4H3/t28-,32-,38-,39+/m1/s1. The lowest BCUT2D eigenvalue weighted by Crippen LogP contribution is -2.59. The van der Waals surface area contributed by atoms with Gasteiger partial charge in [0.2, 0.25) is 0 Å². The van der Waals surface area contributed by atoms with Crippen LogP contribution in [0.3, 0.4) is 0 Å². The van der Waals surface area contributed by atoms with Crippen molar-refractivity contribution in [2.24, 2.45) is 7.05 Å².